The highest BCUT2D eigenvalue weighted by Crippen LogP contribution is 2.21. The topological polar surface area (TPSA) is 55.0 Å². The highest BCUT2D eigenvalue weighted by molar-refractivity contribution is 5.33. The standard InChI is InChI=1S/C11H18N4/c1-9-3-2-6-15(9)11-13-7-10(4-5-12)8-14-11/h7-9H,2-6,12H2,1H3. The molecule has 15 heavy (non-hydrogen) atoms. The Morgan fingerprint density at radius 1 is 1.47 bits per heavy atom. The normalized spacial score (nSPS) is 20.9. The maximum Gasteiger partial charge on any atom is 0.225 e. The second-order valence-electron chi connectivity index (χ2n) is 4.11. The molecule has 1 saturated heterocycles. The van der Waals surface area contributed by atoms with Gasteiger partial charge in [-0.05, 0) is 38.3 Å². The van der Waals surface area contributed by atoms with E-state index in [1.165, 1.54) is 12.8 Å². The van der Waals surface area contributed by atoms with Gasteiger partial charge >= 0.3 is 0 Å². The van der Waals surface area contributed by atoms with E-state index in [1.807, 2.05) is 12.4 Å². The van der Waals surface area contributed by atoms with Gasteiger partial charge in [0.05, 0.1) is 0 Å². The van der Waals surface area contributed by atoms with Crippen LogP contribution in [0.1, 0.15) is 25.3 Å². The molecule has 0 aliphatic carbocycles. The van der Waals surface area contributed by atoms with Crippen molar-refractivity contribution in [3.05, 3.63) is 18.0 Å². The molecule has 1 aromatic rings. The summed E-state index contributed by atoms with van der Waals surface area (Å²) >= 11 is 0. The summed E-state index contributed by atoms with van der Waals surface area (Å²) in [4.78, 5) is 11.0. The smallest absolute Gasteiger partial charge is 0.225 e. The van der Waals surface area contributed by atoms with E-state index >= 15 is 0 Å². The first kappa shape index (κ1) is 10.4. The van der Waals surface area contributed by atoms with Crippen LogP contribution in [-0.2, 0) is 6.42 Å². The van der Waals surface area contributed by atoms with Crippen LogP contribution in [-0.4, -0.2) is 29.1 Å². The Kier molecular flexibility index (Phi) is 3.16. The summed E-state index contributed by atoms with van der Waals surface area (Å²) in [6.07, 6.45) is 7.12. The van der Waals surface area contributed by atoms with Crippen LogP contribution in [0.3, 0.4) is 0 Å². The Morgan fingerprint density at radius 3 is 2.73 bits per heavy atom. The molecule has 4 nitrogen and oxygen atoms in total. The van der Waals surface area contributed by atoms with Crippen LogP contribution in [0.15, 0.2) is 12.4 Å². The summed E-state index contributed by atoms with van der Waals surface area (Å²) in [6, 6.07) is 0.574. The Bertz CT molecular complexity index is 309. The molecule has 1 unspecified atom stereocenters. The van der Waals surface area contributed by atoms with Crippen molar-refractivity contribution in [1.82, 2.24) is 9.97 Å². The first-order valence-electron chi connectivity index (χ1n) is 5.59. The second kappa shape index (κ2) is 4.57. The monoisotopic (exact) mass is 206 g/mol. The SMILES string of the molecule is CC1CCCN1c1ncc(CCN)cn1. The molecule has 1 aliphatic rings. The zero-order chi connectivity index (χ0) is 10.7. The van der Waals surface area contributed by atoms with Crippen LogP contribution in [0.4, 0.5) is 5.95 Å². The maximum absolute atomic E-state index is 5.48. The van der Waals surface area contributed by atoms with Crippen molar-refractivity contribution in [2.24, 2.45) is 5.73 Å². The molecule has 1 aromatic heterocycles. The lowest BCUT2D eigenvalue weighted by Gasteiger charge is -2.20. The van der Waals surface area contributed by atoms with Gasteiger partial charge in [0.2, 0.25) is 5.95 Å². The molecular formula is C11H18N4. The van der Waals surface area contributed by atoms with Crippen LogP contribution < -0.4 is 10.6 Å². The van der Waals surface area contributed by atoms with E-state index in [9.17, 15) is 0 Å². The van der Waals surface area contributed by atoms with E-state index in [0.717, 1.165) is 24.5 Å². The van der Waals surface area contributed by atoms with Gasteiger partial charge in [-0.1, -0.05) is 0 Å². The number of hydrogen-bond donors (Lipinski definition) is 1. The summed E-state index contributed by atoms with van der Waals surface area (Å²) in [7, 11) is 0. The molecule has 2 N–H and O–H groups in total. The van der Waals surface area contributed by atoms with Crippen molar-refractivity contribution in [2.75, 3.05) is 18.0 Å². The summed E-state index contributed by atoms with van der Waals surface area (Å²) in [5.74, 6) is 0.862. The van der Waals surface area contributed by atoms with E-state index < -0.39 is 0 Å². The van der Waals surface area contributed by atoms with Gasteiger partial charge in [-0.3, -0.25) is 0 Å². The first-order valence-corrected chi connectivity index (χ1v) is 5.59. The summed E-state index contributed by atoms with van der Waals surface area (Å²) < 4.78 is 0. The van der Waals surface area contributed by atoms with Gasteiger partial charge in [0.25, 0.3) is 0 Å². The molecule has 2 heterocycles. The minimum absolute atomic E-state index is 0.574. The van der Waals surface area contributed by atoms with Crippen molar-refractivity contribution in [3.8, 4) is 0 Å². The van der Waals surface area contributed by atoms with Crippen LogP contribution >= 0.6 is 0 Å². The molecule has 0 bridgehead atoms. The number of nitrogens with two attached hydrogens (primary N) is 1. The Morgan fingerprint density at radius 2 is 2.20 bits per heavy atom. The van der Waals surface area contributed by atoms with Gasteiger partial charge in [-0.15, -0.1) is 0 Å². The van der Waals surface area contributed by atoms with E-state index in [-0.39, 0.29) is 0 Å². The average molecular weight is 206 g/mol. The third-order valence-electron chi connectivity index (χ3n) is 2.93. The zero-order valence-corrected chi connectivity index (χ0v) is 9.19. The lowest BCUT2D eigenvalue weighted by Crippen LogP contribution is -2.28. The Labute approximate surface area is 90.5 Å². The fourth-order valence-corrected chi connectivity index (χ4v) is 2.02. The molecule has 0 radical (unpaired) electrons. The summed E-state index contributed by atoms with van der Waals surface area (Å²) in [5, 5.41) is 0. The molecule has 1 fully saturated rings. The predicted molar refractivity (Wildman–Crippen MR) is 60.8 cm³/mol. The van der Waals surface area contributed by atoms with E-state index in [0.29, 0.717) is 12.6 Å². The van der Waals surface area contributed by atoms with Crippen molar-refractivity contribution in [3.63, 3.8) is 0 Å². The lowest BCUT2D eigenvalue weighted by atomic mass is 10.2. The van der Waals surface area contributed by atoms with Crippen LogP contribution in [0, 0.1) is 0 Å². The van der Waals surface area contributed by atoms with Crippen molar-refractivity contribution < 1.29 is 0 Å². The van der Waals surface area contributed by atoms with E-state index in [4.69, 9.17) is 5.73 Å². The fourth-order valence-electron chi connectivity index (χ4n) is 2.02. The van der Waals surface area contributed by atoms with Gasteiger partial charge in [-0.25, -0.2) is 9.97 Å². The molecule has 1 aliphatic heterocycles. The van der Waals surface area contributed by atoms with E-state index in [1.54, 1.807) is 0 Å². The third-order valence-corrected chi connectivity index (χ3v) is 2.93. The molecule has 82 valence electrons. The minimum Gasteiger partial charge on any atom is -0.338 e. The molecule has 1 atom stereocenters. The molecule has 0 amide bonds. The lowest BCUT2D eigenvalue weighted by molar-refractivity contribution is 0.715. The van der Waals surface area contributed by atoms with Gasteiger partial charge in [-0.2, -0.15) is 0 Å². The van der Waals surface area contributed by atoms with E-state index in [2.05, 4.69) is 21.8 Å². The van der Waals surface area contributed by atoms with Gasteiger partial charge < -0.3 is 10.6 Å². The predicted octanol–water partition coefficient (Wildman–Crippen LogP) is 0.966. The molecule has 0 aromatic carbocycles. The first-order chi connectivity index (χ1) is 7.31. The maximum atomic E-state index is 5.48. The summed E-state index contributed by atoms with van der Waals surface area (Å²) in [5.41, 5.74) is 6.60. The highest BCUT2D eigenvalue weighted by atomic mass is 15.3. The van der Waals surface area contributed by atoms with Gasteiger partial charge in [0, 0.05) is 25.0 Å². The van der Waals surface area contributed by atoms with Gasteiger partial charge in [0.1, 0.15) is 0 Å². The molecule has 0 spiro atoms. The Hall–Kier alpha value is -1.16. The number of nitrogens with zero attached hydrogens (tertiary/aromatic N) is 3. The highest BCUT2D eigenvalue weighted by Gasteiger charge is 2.22. The molecular weight excluding hydrogens is 188 g/mol. The minimum atomic E-state index is 0.574. The quantitative estimate of drug-likeness (QED) is 0.800. The van der Waals surface area contributed by atoms with Crippen molar-refractivity contribution >= 4 is 5.95 Å². The number of hydrogen-bond acceptors (Lipinski definition) is 4. The second-order valence-corrected chi connectivity index (χ2v) is 4.11. The average Bonchev–Trinajstić information content (AvgIpc) is 2.66. The van der Waals surface area contributed by atoms with Gasteiger partial charge in [0.15, 0.2) is 0 Å². The van der Waals surface area contributed by atoms with Crippen LogP contribution in [0.5, 0.6) is 0 Å². The fraction of sp³-hybridized carbons (Fsp3) is 0.636. The van der Waals surface area contributed by atoms with Crippen LogP contribution in [0.2, 0.25) is 0 Å². The molecule has 0 saturated carbocycles. The van der Waals surface area contributed by atoms with Crippen molar-refractivity contribution in [1.29, 1.82) is 0 Å². The number of aromatic nitrogens is 2. The Balaban J connectivity index is 2.09. The summed E-state index contributed by atoms with van der Waals surface area (Å²) in [6.45, 7) is 3.96. The zero-order valence-electron chi connectivity index (χ0n) is 9.19. The number of anilines is 1. The van der Waals surface area contributed by atoms with Crippen molar-refractivity contribution in [2.45, 2.75) is 32.2 Å². The number of rotatable bonds is 3. The molecule has 2 rings (SSSR count). The van der Waals surface area contributed by atoms with Crippen LogP contribution in [0.25, 0.3) is 0 Å². The third kappa shape index (κ3) is 2.26. The largest absolute Gasteiger partial charge is 0.338 e. The molecule has 4 heteroatoms.